The molecule has 1 unspecified atom stereocenters. The summed E-state index contributed by atoms with van der Waals surface area (Å²) >= 11 is 0. The molecule has 0 aliphatic rings. The SMILES string of the molecule is COCCNC(=O)C(C)NC(=O)n1ccnc1. The zero-order valence-electron chi connectivity index (χ0n) is 9.84. The van der Waals surface area contributed by atoms with E-state index in [1.165, 1.54) is 23.3 Å². The first-order valence-electron chi connectivity index (χ1n) is 5.20. The Labute approximate surface area is 99.2 Å². The minimum absolute atomic E-state index is 0.254. The fourth-order valence-corrected chi connectivity index (χ4v) is 1.13. The molecule has 0 spiro atoms. The molecule has 17 heavy (non-hydrogen) atoms. The lowest BCUT2D eigenvalue weighted by molar-refractivity contribution is -0.122. The summed E-state index contributed by atoms with van der Waals surface area (Å²) in [5.41, 5.74) is 0. The number of rotatable bonds is 5. The molecule has 2 amide bonds. The van der Waals surface area contributed by atoms with Gasteiger partial charge in [0.2, 0.25) is 5.91 Å². The average molecular weight is 240 g/mol. The zero-order valence-corrected chi connectivity index (χ0v) is 9.84. The van der Waals surface area contributed by atoms with Crippen LogP contribution in [0.1, 0.15) is 6.92 Å². The van der Waals surface area contributed by atoms with Crippen LogP contribution < -0.4 is 10.6 Å². The fourth-order valence-electron chi connectivity index (χ4n) is 1.13. The highest BCUT2D eigenvalue weighted by molar-refractivity contribution is 5.87. The highest BCUT2D eigenvalue weighted by atomic mass is 16.5. The molecule has 0 saturated heterocycles. The number of carbonyl (C=O) groups is 2. The van der Waals surface area contributed by atoms with Crippen molar-refractivity contribution in [1.29, 1.82) is 0 Å². The number of amides is 2. The number of hydrogen-bond acceptors (Lipinski definition) is 4. The Morgan fingerprint density at radius 1 is 1.53 bits per heavy atom. The predicted octanol–water partition coefficient (Wildman–Crippen LogP) is -0.408. The van der Waals surface area contributed by atoms with Crippen LogP contribution in [0, 0.1) is 0 Å². The van der Waals surface area contributed by atoms with Crippen molar-refractivity contribution in [2.75, 3.05) is 20.3 Å². The van der Waals surface area contributed by atoms with Crippen molar-refractivity contribution in [2.24, 2.45) is 0 Å². The van der Waals surface area contributed by atoms with Crippen LogP contribution in [0.3, 0.4) is 0 Å². The van der Waals surface area contributed by atoms with Crippen LogP contribution in [-0.4, -0.2) is 47.8 Å². The van der Waals surface area contributed by atoms with Gasteiger partial charge in [-0.1, -0.05) is 0 Å². The van der Waals surface area contributed by atoms with E-state index in [-0.39, 0.29) is 5.91 Å². The molecule has 0 fully saturated rings. The first kappa shape index (κ1) is 13.2. The van der Waals surface area contributed by atoms with Crippen molar-refractivity contribution in [1.82, 2.24) is 20.2 Å². The van der Waals surface area contributed by atoms with Gasteiger partial charge in [-0.25, -0.2) is 9.78 Å². The van der Waals surface area contributed by atoms with Crippen LogP contribution in [-0.2, 0) is 9.53 Å². The van der Waals surface area contributed by atoms with Gasteiger partial charge in [0.05, 0.1) is 6.61 Å². The van der Waals surface area contributed by atoms with Gasteiger partial charge in [0.1, 0.15) is 12.4 Å². The van der Waals surface area contributed by atoms with Gasteiger partial charge in [0.15, 0.2) is 0 Å². The Kier molecular flexibility index (Phi) is 5.15. The number of carbonyl (C=O) groups excluding carboxylic acids is 2. The van der Waals surface area contributed by atoms with E-state index in [0.29, 0.717) is 13.2 Å². The molecule has 7 nitrogen and oxygen atoms in total. The topological polar surface area (TPSA) is 85.3 Å². The molecular formula is C10H16N4O3. The Balaban J connectivity index is 2.35. The van der Waals surface area contributed by atoms with Crippen LogP contribution in [0.2, 0.25) is 0 Å². The summed E-state index contributed by atoms with van der Waals surface area (Å²) in [6.45, 7) is 2.46. The molecule has 0 bridgehead atoms. The molecule has 0 saturated carbocycles. The molecule has 0 aliphatic heterocycles. The highest BCUT2D eigenvalue weighted by Gasteiger charge is 2.15. The van der Waals surface area contributed by atoms with Crippen LogP contribution in [0.4, 0.5) is 4.79 Å². The van der Waals surface area contributed by atoms with Crippen molar-refractivity contribution in [3.8, 4) is 0 Å². The van der Waals surface area contributed by atoms with Gasteiger partial charge in [-0.3, -0.25) is 9.36 Å². The number of nitrogens with zero attached hydrogens (tertiary/aromatic N) is 2. The number of ether oxygens (including phenoxy) is 1. The average Bonchev–Trinajstić information content (AvgIpc) is 2.82. The second-order valence-electron chi connectivity index (χ2n) is 3.42. The molecule has 1 aromatic heterocycles. The Hall–Kier alpha value is -1.89. The first-order chi connectivity index (χ1) is 8.15. The van der Waals surface area contributed by atoms with E-state index in [0.717, 1.165) is 0 Å². The maximum atomic E-state index is 11.6. The van der Waals surface area contributed by atoms with Gasteiger partial charge in [0, 0.05) is 26.0 Å². The Bertz CT molecular complexity index is 364. The van der Waals surface area contributed by atoms with Crippen molar-refractivity contribution >= 4 is 11.9 Å². The minimum atomic E-state index is -0.609. The van der Waals surface area contributed by atoms with E-state index < -0.39 is 12.1 Å². The van der Waals surface area contributed by atoms with E-state index in [1.54, 1.807) is 14.0 Å². The van der Waals surface area contributed by atoms with E-state index in [2.05, 4.69) is 15.6 Å². The van der Waals surface area contributed by atoms with E-state index >= 15 is 0 Å². The molecule has 1 aromatic rings. The summed E-state index contributed by atoms with van der Waals surface area (Å²) in [6, 6.07) is -1.00. The monoisotopic (exact) mass is 240 g/mol. The first-order valence-corrected chi connectivity index (χ1v) is 5.20. The molecule has 1 rings (SSSR count). The van der Waals surface area contributed by atoms with Crippen molar-refractivity contribution in [3.05, 3.63) is 18.7 Å². The predicted molar refractivity (Wildman–Crippen MR) is 60.5 cm³/mol. The third-order valence-corrected chi connectivity index (χ3v) is 2.08. The van der Waals surface area contributed by atoms with Crippen LogP contribution >= 0.6 is 0 Å². The largest absolute Gasteiger partial charge is 0.383 e. The normalized spacial score (nSPS) is 11.9. The molecular weight excluding hydrogens is 224 g/mol. The third-order valence-electron chi connectivity index (χ3n) is 2.08. The molecule has 0 radical (unpaired) electrons. The van der Waals surface area contributed by atoms with Crippen molar-refractivity contribution in [2.45, 2.75) is 13.0 Å². The Morgan fingerprint density at radius 3 is 2.88 bits per heavy atom. The summed E-state index contributed by atoms with van der Waals surface area (Å²) < 4.78 is 6.06. The fraction of sp³-hybridized carbons (Fsp3) is 0.500. The van der Waals surface area contributed by atoms with Crippen LogP contribution in [0.5, 0.6) is 0 Å². The van der Waals surface area contributed by atoms with Gasteiger partial charge in [-0.15, -0.1) is 0 Å². The van der Waals surface area contributed by atoms with E-state index in [1.807, 2.05) is 0 Å². The van der Waals surface area contributed by atoms with Gasteiger partial charge in [-0.2, -0.15) is 0 Å². The molecule has 0 aliphatic carbocycles. The van der Waals surface area contributed by atoms with Crippen LogP contribution in [0.15, 0.2) is 18.7 Å². The Morgan fingerprint density at radius 2 is 2.29 bits per heavy atom. The summed E-state index contributed by atoms with van der Waals surface area (Å²) in [5.74, 6) is -0.254. The highest BCUT2D eigenvalue weighted by Crippen LogP contribution is 1.88. The van der Waals surface area contributed by atoms with Gasteiger partial charge < -0.3 is 15.4 Å². The summed E-state index contributed by atoms with van der Waals surface area (Å²) in [7, 11) is 1.55. The van der Waals surface area contributed by atoms with E-state index in [9.17, 15) is 9.59 Å². The molecule has 0 aromatic carbocycles. The zero-order chi connectivity index (χ0) is 12.7. The lowest BCUT2D eigenvalue weighted by Crippen LogP contribution is -2.46. The van der Waals surface area contributed by atoms with Crippen molar-refractivity contribution in [3.63, 3.8) is 0 Å². The molecule has 2 N–H and O–H groups in total. The number of aromatic nitrogens is 2. The summed E-state index contributed by atoms with van der Waals surface area (Å²) in [6.07, 6.45) is 4.36. The summed E-state index contributed by atoms with van der Waals surface area (Å²) in [4.78, 5) is 26.8. The lowest BCUT2D eigenvalue weighted by Gasteiger charge is -2.13. The number of methoxy groups -OCH3 is 1. The van der Waals surface area contributed by atoms with Crippen LogP contribution in [0.25, 0.3) is 0 Å². The van der Waals surface area contributed by atoms with Gasteiger partial charge >= 0.3 is 6.03 Å². The molecule has 1 atom stereocenters. The quantitative estimate of drug-likeness (QED) is 0.685. The lowest BCUT2D eigenvalue weighted by atomic mass is 10.3. The maximum absolute atomic E-state index is 11.6. The minimum Gasteiger partial charge on any atom is -0.383 e. The molecule has 1 heterocycles. The number of hydrogen-bond donors (Lipinski definition) is 2. The van der Waals surface area contributed by atoms with E-state index in [4.69, 9.17) is 4.74 Å². The molecule has 7 heteroatoms. The maximum Gasteiger partial charge on any atom is 0.327 e. The van der Waals surface area contributed by atoms with Gasteiger partial charge in [0.25, 0.3) is 0 Å². The second kappa shape index (κ2) is 6.64. The van der Waals surface area contributed by atoms with Gasteiger partial charge in [-0.05, 0) is 6.92 Å². The third kappa shape index (κ3) is 4.23. The second-order valence-corrected chi connectivity index (χ2v) is 3.42. The number of nitrogens with one attached hydrogen (secondary N) is 2. The standard InChI is InChI=1S/C10H16N4O3/c1-8(9(15)12-4-6-17-2)13-10(16)14-5-3-11-7-14/h3,5,7-8H,4,6H2,1-2H3,(H,12,15)(H,13,16). The summed E-state index contributed by atoms with van der Waals surface area (Å²) in [5, 5.41) is 5.17. The number of imidazole rings is 1. The van der Waals surface area contributed by atoms with Crippen molar-refractivity contribution < 1.29 is 14.3 Å². The smallest absolute Gasteiger partial charge is 0.327 e. The molecule has 94 valence electrons.